The zero-order chi connectivity index (χ0) is 22.6. The van der Waals surface area contributed by atoms with Crippen molar-refractivity contribution in [3.8, 4) is 5.75 Å². The standard InChI is InChI=1S/C26H23Cl3N2O/c1-26(2,3)17-8-4-16(5-9-17)25-31-23(20-12-19(28)13-21(29)24(20)32-25)14-22(30-31)15-6-10-18(27)11-7-15/h4-13,23,25H,14H2,1-3H3/t23-,25-/m0/s1. The van der Waals surface area contributed by atoms with Crippen molar-refractivity contribution >= 4 is 40.5 Å². The monoisotopic (exact) mass is 484 g/mol. The molecule has 2 heterocycles. The highest BCUT2D eigenvalue weighted by molar-refractivity contribution is 6.35. The molecule has 0 unspecified atom stereocenters. The van der Waals surface area contributed by atoms with Gasteiger partial charge in [0.05, 0.1) is 16.8 Å². The lowest BCUT2D eigenvalue weighted by atomic mass is 9.86. The van der Waals surface area contributed by atoms with E-state index >= 15 is 0 Å². The molecule has 3 nitrogen and oxygen atoms in total. The topological polar surface area (TPSA) is 24.8 Å². The van der Waals surface area contributed by atoms with Crippen molar-refractivity contribution < 1.29 is 4.74 Å². The number of nitrogens with zero attached hydrogens (tertiary/aromatic N) is 2. The van der Waals surface area contributed by atoms with Crippen molar-refractivity contribution in [2.75, 3.05) is 0 Å². The van der Waals surface area contributed by atoms with E-state index in [1.807, 2.05) is 35.3 Å². The smallest absolute Gasteiger partial charge is 0.213 e. The average molecular weight is 486 g/mol. The molecule has 0 amide bonds. The molecule has 0 N–H and O–H groups in total. The first-order valence-corrected chi connectivity index (χ1v) is 11.7. The predicted molar refractivity (Wildman–Crippen MR) is 132 cm³/mol. The van der Waals surface area contributed by atoms with Gasteiger partial charge in [-0.15, -0.1) is 0 Å². The first-order chi connectivity index (χ1) is 15.2. The van der Waals surface area contributed by atoms with Gasteiger partial charge in [0.15, 0.2) is 0 Å². The Morgan fingerprint density at radius 3 is 2.25 bits per heavy atom. The second kappa shape index (κ2) is 7.98. The summed E-state index contributed by atoms with van der Waals surface area (Å²) >= 11 is 19.0. The zero-order valence-corrected chi connectivity index (χ0v) is 20.3. The summed E-state index contributed by atoms with van der Waals surface area (Å²) in [5.74, 6) is 0.676. The third-order valence-corrected chi connectivity index (χ3v) is 6.80. The summed E-state index contributed by atoms with van der Waals surface area (Å²) in [5, 5.41) is 8.83. The third-order valence-electron chi connectivity index (χ3n) is 6.05. The van der Waals surface area contributed by atoms with Crippen molar-refractivity contribution in [2.24, 2.45) is 5.10 Å². The van der Waals surface area contributed by atoms with Crippen LogP contribution in [0, 0.1) is 0 Å². The van der Waals surface area contributed by atoms with E-state index in [0.717, 1.165) is 28.8 Å². The number of halogens is 3. The Balaban J connectivity index is 1.59. The molecule has 2 aliphatic rings. The molecule has 0 saturated heterocycles. The Kier molecular flexibility index (Phi) is 5.40. The Hall–Kier alpha value is -2.20. The minimum atomic E-state index is -0.384. The van der Waals surface area contributed by atoms with E-state index in [-0.39, 0.29) is 17.7 Å². The van der Waals surface area contributed by atoms with Crippen LogP contribution in [0.3, 0.4) is 0 Å². The van der Waals surface area contributed by atoms with Gasteiger partial charge in [-0.3, -0.25) is 0 Å². The van der Waals surface area contributed by atoms with Gasteiger partial charge in [0, 0.05) is 27.6 Å². The van der Waals surface area contributed by atoms with Crippen LogP contribution in [0.2, 0.25) is 15.1 Å². The van der Waals surface area contributed by atoms with Gasteiger partial charge in [-0.25, -0.2) is 5.01 Å². The quantitative estimate of drug-likeness (QED) is 0.365. The van der Waals surface area contributed by atoms with Crippen LogP contribution in [-0.2, 0) is 5.41 Å². The van der Waals surface area contributed by atoms with E-state index < -0.39 is 0 Å². The number of benzene rings is 3. The fraction of sp³-hybridized carbons (Fsp3) is 0.269. The Bertz CT molecular complexity index is 1200. The lowest BCUT2D eigenvalue weighted by Crippen LogP contribution is -2.34. The zero-order valence-electron chi connectivity index (χ0n) is 18.1. The van der Waals surface area contributed by atoms with Crippen LogP contribution in [0.15, 0.2) is 65.8 Å². The molecule has 3 aromatic carbocycles. The number of hydrazone groups is 1. The lowest BCUT2D eigenvalue weighted by molar-refractivity contribution is -0.0189. The molecule has 6 heteroatoms. The normalized spacial score (nSPS) is 19.8. The van der Waals surface area contributed by atoms with Crippen LogP contribution in [0.1, 0.15) is 61.7 Å². The van der Waals surface area contributed by atoms with Gasteiger partial charge >= 0.3 is 0 Å². The summed E-state index contributed by atoms with van der Waals surface area (Å²) in [7, 11) is 0. The first-order valence-electron chi connectivity index (χ1n) is 10.6. The summed E-state index contributed by atoms with van der Waals surface area (Å²) in [6.45, 7) is 6.62. The minimum absolute atomic E-state index is 0.0204. The highest BCUT2D eigenvalue weighted by Crippen LogP contribution is 2.50. The van der Waals surface area contributed by atoms with Crippen LogP contribution in [0.4, 0.5) is 0 Å². The van der Waals surface area contributed by atoms with Gasteiger partial charge in [-0.2, -0.15) is 5.10 Å². The van der Waals surface area contributed by atoms with Crippen molar-refractivity contribution in [1.82, 2.24) is 5.01 Å². The maximum atomic E-state index is 6.57. The van der Waals surface area contributed by atoms with Gasteiger partial charge in [-0.05, 0) is 40.8 Å². The molecule has 164 valence electrons. The summed E-state index contributed by atoms with van der Waals surface area (Å²) < 4.78 is 6.45. The molecule has 0 saturated carbocycles. The van der Waals surface area contributed by atoms with Crippen molar-refractivity contribution in [3.05, 3.63) is 98.0 Å². The van der Waals surface area contributed by atoms with Gasteiger partial charge in [0.1, 0.15) is 5.75 Å². The van der Waals surface area contributed by atoms with E-state index in [0.29, 0.717) is 20.8 Å². The first kappa shape index (κ1) is 21.6. The fourth-order valence-electron chi connectivity index (χ4n) is 4.30. The molecular weight excluding hydrogens is 463 g/mol. The molecule has 0 aliphatic carbocycles. The predicted octanol–water partition coefficient (Wildman–Crippen LogP) is 8.19. The van der Waals surface area contributed by atoms with Gasteiger partial charge in [-0.1, -0.05) is 92.0 Å². The molecule has 3 aromatic rings. The molecule has 0 fully saturated rings. The summed E-state index contributed by atoms with van der Waals surface area (Å²) in [4.78, 5) is 0. The lowest BCUT2D eigenvalue weighted by Gasteiger charge is -2.38. The van der Waals surface area contributed by atoms with Crippen molar-refractivity contribution in [1.29, 1.82) is 0 Å². The van der Waals surface area contributed by atoms with Gasteiger partial charge < -0.3 is 4.74 Å². The number of rotatable bonds is 2. The Morgan fingerprint density at radius 2 is 1.59 bits per heavy atom. The summed E-state index contributed by atoms with van der Waals surface area (Å²) in [6, 6.07) is 20.0. The van der Waals surface area contributed by atoms with Crippen molar-refractivity contribution in [3.63, 3.8) is 0 Å². The molecule has 0 bridgehead atoms. The molecule has 5 rings (SSSR count). The van der Waals surface area contributed by atoms with E-state index in [9.17, 15) is 0 Å². The highest BCUT2D eigenvalue weighted by atomic mass is 35.5. The summed E-state index contributed by atoms with van der Waals surface area (Å²) in [6.07, 6.45) is 0.343. The molecule has 32 heavy (non-hydrogen) atoms. The van der Waals surface area contributed by atoms with Crippen LogP contribution in [0.5, 0.6) is 5.75 Å². The molecule has 0 radical (unpaired) electrons. The van der Waals surface area contributed by atoms with Gasteiger partial charge in [0.2, 0.25) is 6.23 Å². The average Bonchev–Trinajstić information content (AvgIpc) is 3.19. The van der Waals surface area contributed by atoms with Crippen LogP contribution >= 0.6 is 34.8 Å². The Morgan fingerprint density at radius 1 is 0.906 bits per heavy atom. The highest BCUT2D eigenvalue weighted by Gasteiger charge is 2.42. The van der Waals surface area contributed by atoms with E-state index in [2.05, 4.69) is 45.0 Å². The molecule has 2 atom stereocenters. The summed E-state index contributed by atoms with van der Waals surface area (Å²) in [5.41, 5.74) is 5.36. The maximum Gasteiger partial charge on any atom is 0.213 e. The van der Waals surface area contributed by atoms with E-state index in [4.69, 9.17) is 44.6 Å². The Labute approximate surface area is 203 Å². The molecule has 0 spiro atoms. The fourth-order valence-corrected chi connectivity index (χ4v) is 4.98. The van der Waals surface area contributed by atoms with Crippen LogP contribution in [-0.4, -0.2) is 10.7 Å². The number of ether oxygens (including phenoxy) is 1. The maximum absolute atomic E-state index is 6.57. The largest absolute Gasteiger partial charge is 0.463 e. The SMILES string of the molecule is CC(C)(C)c1ccc([C@@H]2Oc3c(Cl)cc(Cl)cc3[C@@H]3CC(c4ccc(Cl)cc4)=NN32)cc1. The number of fused-ring (bicyclic) bond motifs is 3. The van der Waals surface area contributed by atoms with Crippen molar-refractivity contribution in [2.45, 2.75) is 44.9 Å². The van der Waals surface area contributed by atoms with E-state index in [1.165, 1.54) is 5.56 Å². The molecular formula is C26H23Cl3N2O. The van der Waals surface area contributed by atoms with Crippen LogP contribution < -0.4 is 4.74 Å². The number of hydrogen-bond donors (Lipinski definition) is 0. The second-order valence-corrected chi connectivity index (χ2v) is 10.6. The van der Waals surface area contributed by atoms with Crippen LogP contribution in [0.25, 0.3) is 0 Å². The molecule has 0 aromatic heterocycles. The minimum Gasteiger partial charge on any atom is -0.463 e. The third kappa shape index (κ3) is 3.87. The van der Waals surface area contributed by atoms with Gasteiger partial charge in [0.25, 0.3) is 0 Å². The molecule has 2 aliphatic heterocycles. The number of hydrogen-bond acceptors (Lipinski definition) is 3. The second-order valence-electron chi connectivity index (χ2n) is 9.30. The van der Waals surface area contributed by atoms with E-state index in [1.54, 1.807) is 6.07 Å².